The predicted molar refractivity (Wildman–Crippen MR) is 323 cm³/mol. The third kappa shape index (κ3) is 18.7. The Morgan fingerprint density at radius 2 is 0.783 bits per heavy atom. The molecule has 0 bridgehead atoms. The van der Waals surface area contributed by atoms with Crippen LogP contribution in [0.3, 0.4) is 0 Å². The lowest BCUT2D eigenvalue weighted by Crippen LogP contribution is -2.30. The minimum Gasteiger partial charge on any atom is -0.362 e. The van der Waals surface area contributed by atoms with E-state index < -0.39 is 31.9 Å². The Morgan fingerprint density at radius 1 is 0.446 bits per heavy atom. The molecule has 24 heteroatoms. The number of hydrogen-bond donors (Lipinski definition) is 6. The van der Waals surface area contributed by atoms with Gasteiger partial charge in [0.15, 0.2) is 0 Å². The average molecular weight is 1290 g/mol. The quantitative estimate of drug-likeness (QED) is 0.0253. The highest BCUT2D eigenvalue weighted by molar-refractivity contribution is 9.10. The van der Waals surface area contributed by atoms with Crippen LogP contribution in [-0.2, 0) is 61.5 Å². The van der Waals surface area contributed by atoms with E-state index in [0.29, 0.717) is 48.7 Å². The number of nitrogens with one attached hydrogen (secondary N) is 4. The van der Waals surface area contributed by atoms with Crippen LogP contribution in [0.5, 0.6) is 0 Å². The molecule has 0 unspecified atom stereocenters. The molecule has 0 spiro atoms. The Balaban J connectivity index is 0.651. The molecule has 6 aromatic carbocycles. The molecule has 0 atom stereocenters. The van der Waals surface area contributed by atoms with Crippen LogP contribution in [0.2, 0.25) is 0 Å². The number of unbranched alkanes of at least 4 members (excludes halogenated alkanes) is 4. The molecule has 2 heterocycles. The first-order valence-corrected chi connectivity index (χ1v) is 30.9. The minimum absolute atomic E-state index is 0.000883. The van der Waals surface area contributed by atoms with Gasteiger partial charge in [0, 0.05) is 57.4 Å². The molecule has 0 fully saturated rings. The van der Waals surface area contributed by atoms with Crippen LogP contribution in [0.4, 0.5) is 11.4 Å². The third-order valence-corrected chi connectivity index (χ3v) is 15.7. The highest BCUT2D eigenvalue weighted by atomic mass is 79.9. The lowest BCUT2D eigenvalue weighted by molar-refractivity contribution is -0.130. The molecule has 2 aromatic heterocycles. The molecule has 8 rings (SSSR count). The van der Waals surface area contributed by atoms with Gasteiger partial charge >= 0.3 is 0 Å². The summed E-state index contributed by atoms with van der Waals surface area (Å²) in [5.41, 5.74) is 9.28. The molecule has 0 saturated heterocycles. The minimum atomic E-state index is -3.86. The van der Waals surface area contributed by atoms with Crippen molar-refractivity contribution in [3.63, 3.8) is 0 Å². The van der Waals surface area contributed by atoms with Crippen molar-refractivity contribution in [3.8, 4) is 33.9 Å². The summed E-state index contributed by atoms with van der Waals surface area (Å²) in [6.07, 6.45) is 5.12. The van der Waals surface area contributed by atoms with Crippen LogP contribution in [0, 0.1) is 0 Å². The number of primary sulfonamides is 2. The summed E-state index contributed by atoms with van der Waals surface area (Å²) in [6, 6.07) is 46.5. The van der Waals surface area contributed by atoms with Crippen molar-refractivity contribution in [2.45, 2.75) is 54.7 Å². The smallest absolute Gasteiger partial charge is 0.250 e. The van der Waals surface area contributed by atoms with E-state index >= 15 is 0 Å². The Kier molecular flexibility index (Phi) is 21.5. The Morgan fingerprint density at radius 3 is 1.13 bits per heavy atom. The highest BCUT2D eigenvalue weighted by Crippen LogP contribution is 2.30. The summed E-state index contributed by atoms with van der Waals surface area (Å²) < 4.78 is 63.4. The van der Waals surface area contributed by atoms with Crippen molar-refractivity contribution < 1.29 is 45.5 Å². The fourth-order valence-electron chi connectivity index (χ4n) is 8.67. The first kappa shape index (κ1) is 61.4. The van der Waals surface area contributed by atoms with Crippen LogP contribution in [0.25, 0.3) is 33.9 Å². The fourth-order valence-corrected chi connectivity index (χ4v) is 10.2. The largest absolute Gasteiger partial charge is 0.362 e. The van der Waals surface area contributed by atoms with Gasteiger partial charge < -0.3 is 30.7 Å². The van der Waals surface area contributed by atoms with Crippen molar-refractivity contribution in [3.05, 3.63) is 189 Å². The van der Waals surface area contributed by atoms with Gasteiger partial charge in [0.05, 0.1) is 43.9 Å². The zero-order valence-electron chi connectivity index (χ0n) is 44.8. The molecule has 8 aromatic rings. The summed E-state index contributed by atoms with van der Waals surface area (Å²) in [6.45, 7) is -0.209. The number of hydrogen-bond acceptors (Lipinski definition) is 12. The number of sulfonamides is 2. The highest BCUT2D eigenvalue weighted by Gasteiger charge is 2.18. The first-order chi connectivity index (χ1) is 39.8. The van der Waals surface area contributed by atoms with Gasteiger partial charge in [-0.05, 0) is 133 Å². The Hall–Kier alpha value is -7.68. The SMILES string of the molecule is NS(=O)(=O)c1ccc(-n2nc(Cc3ccc(NC(=O)COCC(=O)NCCCCCCCNC(=O)COCC(=O)Nc4ccc(Cc5cc(-c6ccc(Br)cc6)n(-c6ccc(S(N)(=O)=O)cc6)n5)cc4)cc3)cc2-c2ccc(Br)cc2)cc1. The number of nitrogens with two attached hydrogens (primary N) is 2. The van der Waals surface area contributed by atoms with Crippen molar-refractivity contribution in [1.82, 2.24) is 30.2 Å². The third-order valence-electron chi connectivity index (χ3n) is 12.8. The summed E-state index contributed by atoms with van der Waals surface area (Å²) in [4.78, 5) is 49.8. The number of amides is 4. The standard InChI is InChI=1S/C59H60Br2N10O10S2/c60-44-14-10-42(11-15-44)54-34-48(68-70(54)50-22-26-52(27-23-50)82(62,76)77)32-40-6-18-46(19-7-40)66-58(74)38-80-36-56(72)64-30-4-2-1-3-5-31-65-57(73)37-81-39-59(75)67-47-20-8-41(9-21-47)33-49-35-55(43-12-16-45(61)17-13-43)71(69-49)51-24-28-53(29-25-51)83(63,78)79/h6-29,34-35H,1-5,30-33,36-39H2,(H,64,72)(H,65,73)(H,66,74)(H,67,75)(H2,62,76,77)(H2,63,78,79). The normalized spacial score (nSPS) is 11.5. The number of halogens is 2. The topological polar surface area (TPSA) is 291 Å². The second-order valence-corrected chi connectivity index (χ2v) is 24.2. The monoisotopic (exact) mass is 1290 g/mol. The molecule has 0 aliphatic rings. The Bertz CT molecular complexity index is 3510. The molecule has 432 valence electrons. The molecular weight excluding hydrogens is 1230 g/mol. The van der Waals surface area contributed by atoms with Crippen LogP contribution < -0.4 is 31.5 Å². The van der Waals surface area contributed by atoms with E-state index in [0.717, 1.165) is 86.1 Å². The van der Waals surface area contributed by atoms with Crippen LogP contribution >= 0.6 is 31.9 Å². The summed E-state index contributed by atoms with van der Waals surface area (Å²) in [5, 5.41) is 31.5. The summed E-state index contributed by atoms with van der Waals surface area (Å²) in [5.74, 6) is -1.47. The van der Waals surface area contributed by atoms with E-state index in [1.54, 1.807) is 57.9 Å². The second-order valence-electron chi connectivity index (χ2n) is 19.3. The Labute approximate surface area is 497 Å². The summed E-state index contributed by atoms with van der Waals surface area (Å²) in [7, 11) is -7.71. The molecule has 83 heavy (non-hydrogen) atoms. The van der Waals surface area contributed by atoms with Crippen molar-refractivity contribution in [2.24, 2.45) is 10.3 Å². The number of anilines is 2. The number of aromatic nitrogens is 4. The van der Waals surface area contributed by atoms with Crippen LogP contribution in [0.1, 0.15) is 54.6 Å². The van der Waals surface area contributed by atoms with Crippen molar-refractivity contribution in [2.75, 3.05) is 50.2 Å². The fraction of sp³-hybridized carbons (Fsp3) is 0.220. The number of ether oxygens (including phenoxy) is 2. The maximum atomic E-state index is 12.6. The molecule has 0 radical (unpaired) electrons. The van der Waals surface area contributed by atoms with E-state index in [9.17, 15) is 36.0 Å². The van der Waals surface area contributed by atoms with E-state index in [1.165, 1.54) is 24.3 Å². The number of carbonyl (C=O) groups is 4. The number of carbonyl (C=O) groups excluding carboxylic acids is 4. The zero-order valence-corrected chi connectivity index (χ0v) is 49.6. The first-order valence-electron chi connectivity index (χ1n) is 26.3. The molecule has 0 aliphatic carbocycles. The van der Waals surface area contributed by atoms with E-state index in [2.05, 4.69) is 53.1 Å². The van der Waals surface area contributed by atoms with Crippen molar-refractivity contribution in [1.29, 1.82) is 0 Å². The molecular formula is C59H60Br2N10O10S2. The maximum Gasteiger partial charge on any atom is 0.250 e. The molecule has 0 aliphatic heterocycles. The molecule has 8 N–H and O–H groups in total. The van der Waals surface area contributed by atoms with Gasteiger partial charge in [-0.25, -0.2) is 36.5 Å². The van der Waals surface area contributed by atoms with Gasteiger partial charge in [0.2, 0.25) is 43.7 Å². The van der Waals surface area contributed by atoms with Gasteiger partial charge in [-0.15, -0.1) is 0 Å². The lowest BCUT2D eigenvalue weighted by Gasteiger charge is -2.09. The molecule has 20 nitrogen and oxygen atoms in total. The predicted octanol–water partition coefficient (Wildman–Crippen LogP) is 8.19. The zero-order chi connectivity index (χ0) is 58.9. The van der Waals surface area contributed by atoms with E-state index in [4.69, 9.17) is 29.9 Å². The molecule has 4 amide bonds. The van der Waals surface area contributed by atoms with Crippen LogP contribution in [-0.4, -0.2) is 99.5 Å². The van der Waals surface area contributed by atoms with Crippen molar-refractivity contribution >= 4 is 86.9 Å². The molecule has 0 saturated carbocycles. The van der Waals surface area contributed by atoms with Gasteiger partial charge in [-0.3, -0.25) is 19.2 Å². The second kappa shape index (κ2) is 29.0. The maximum absolute atomic E-state index is 12.6. The van der Waals surface area contributed by atoms with Gasteiger partial charge in [-0.1, -0.05) is 99.7 Å². The average Bonchev–Trinajstić information content (AvgIpc) is 4.10. The number of rotatable bonds is 28. The van der Waals surface area contributed by atoms with Gasteiger partial charge in [0.25, 0.3) is 0 Å². The lowest BCUT2D eigenvalue weighted by atomic mass is 10.1. The van der Waals surface area contributed by atoms with Gasteiger partial charge in [0.1, 0.15) is 26.4 Å². The summed E-state index contributed by atoms with van der Waals surface area (Å²) >= 11 is 6.95. The number of nitrogens with zero attached hydrogens (tertiary/aromatic N) is 4. The van der Waals surface area contributed by atoms with Crippen LogP contribution in [0.15, 0.2) is 176 Å². The van der Waals surface area contributed by atoms with E-state index in [-0.39, 0.29) is 48.0 Å². The number of benzene rings is 6. The van der Waals surface area contributed by atoms with Gasteiger partial charge in [-0.2, -0.15) is 10.2 Å². The van der Waals surface area contributed by atoms with E-state index in [1.807, 2.05) is 84.9 Å².